The minimum absolute atomic E-state index is 0.0980. The highest BCUT2D eigenvalue weighted by Gasteiger charge is 2.19. The number of nitro groups is 1. The number of carbonyl (C=O) groups is 1. The molecule has 0 radical (unpaired) electrons. The normalized spacial score (nSPS) is 11.6. The van der Waals surface area contributed by atoms with Gasteiger partial charge in [-0.3, -0.25) is 14.9 Å². The Morgan fingerprint density at radius 2 is 2.00 bits per heavy atom. The van der Waals surface area contributed by atoms with Gasteiger partial charge in [0.25, 0.3) is 10.9 Å². The molecule has 2 aromatic carbocycles. The third-order valence-electron chi connectivity index (χ3n) is 3.71. The second-order valence-corrected chi connectivity index (χ2v) is 6.95. The van der Waals surface area contributed by atoms with E-state index >= 15 is 0 Å². The first-order chi connectivity index (χ1) is 13.5. The highest BCUT2D eigenvalue weighted by molar-refractivity contribution is 8.00. The van der Waals surface area contributed by atoms with Gasteiger partial charge in [-0.2, -0.15) is 0 Å². The van der Waals surface area contributed by atoms with Crippen molar-refractivity contribution >= 4 is 29.0 Å². The minimum Gasteiger partial charge on any atom is -0.497 e. The summed E-state index contributed by atoms with van der Waals surface area (Å²) in [5, 5.41) is 21.1. The van der Waals surface area contributed by atoms with E-state index in [0.29, 0.717) is 17.3 Å². The molecule has 1 heterocycles. The smallest absolute Gasteiger partial charge is 0.277 e. The number of ether oxygens (including phenoxy) is 1. The van der Waals surface area contributed by atoms with Crippen LogP contribution in [-0.4, -0.2) is 33.4 Å². The van der Waals surface area contributed by atoms with E-state index in [4.69, 9.17) is 9.15 Å². The monoisotopic (exact) mass is 400 g/mol. The minimum atomic E-state index is -0.552. The molecule has 9 nitrogen and oxygen atoms in total. The average molecular weight is 400 g/mol. The molecule has 144 valence electrons. The van der Waals surface area contributed by atoms with Crippen LogP contribution < -0.4 is 10.1 Å². The maximum atomic E-state index is 12.3. The summed E-state index contributed by atoms with van der Waals surface area (Å²) in [4.78, 5) is 22.6. The highest BCUT2D eigenvalue weighted by atomic mass is 32.2. The third-order valence-corrected chi connectivity index (χ3v) is 4.65. The van der Waals surface area contributed by atoms with Gasteiger partial charge in [0.05, 0.1) is 17.3 Å². The van der Waals surface area contributed by atoms with Crippen LogP contribution in [0.1, 0.15) is 6.92 Å². The summed E-state index contributed by atoms with van der Waals surface area (Å²) in [5.41, 5.74) is 0.976. The van der Waals surface area contributed by atoms with Crippen LogP contribution in [0.2, 0.25) is 0 Å². The lowest BCUT2D eigenvalue weighted by molar-refractivity contribution is -0.384. The number of benzene rings is 2. The van der Waals surface area contributed by atoms with Crippen LogP contribution >= 0.6 is 11.8 Å². The number of amides is 1. The number of thioether (sulfide) groups is 1. The highest BCUT2D eigenvalue weighted by Crippen LogP contribution is 2.28. The van der Waals surface area contributed by atoms with E-state index in [1.807, 2.05) is 0 Å². The van der Waals surface area contributed by atoms with Crippen molar-refractivity contribution in [2.75, 3.05) is 12.4 Å². The second kappa shape index (κ2) is 8.53. The molecule has 0 aliphatic rings. The van der Waals surface area contributed by atoms with Gasteiger partial charge in [-0.05, 0) is 37.3 Å². The van der Waals surface area contributed by atoms with Gasteiger partial charge in [-0.15, -0.1) is 10.2 Å². The number of methoxy groups -OCH3 is 1. The predicted molar refractivity (Wildman–Crippen MR) is 103 cm³/mol. The molecule has 1 aromatic heterocycles. The van der Waals surface area contributed by atoms with Gasteiger partial charge in [0.2, 0.25) is 11.8 Å². The van der Waals surface area contributed by atoms with Gasteiger partial charge in [-0.1, -0.05) is 17.8 Å². The summed E-state index contributed by atoms with van der Waals surface area (Å²) in [6.45, 7) is 1.68. The summed E-state index contributed by atoms with van der Waals surface area (Å²) < 4.78 is 10.7. The number of nitrogens with one attached hydrogen (secondary N) is 1. The molecule has 1 N–H and O–H groups in total. The van der Waals surface area contributed by atoms with Gasteiger partial charge < -0.3 is 14.5 Å². The Morgan fingerprint density at radius 3 is 2.68 bits per heavy atom. The number of non-ortho nitro benzene ring substituents is 1. The fraction of sp³-hybridized carbons (Fsp3) is 0.167. The lowest BCUT2D eigenvalue weighted by Gasteiger charge is -2.09. The molecule has 0 unspecified atom stereocenters. The molecule has 3 rings (SSSR count). The first-order valence-corrected chi connectivity index (χ1v) is 9.04. The van der Waals surface area contributed by atoms with Crippen LogP contribution in [0.3, 0.4) is 0 Å². The van der Waals surface area contributed by atoms with Crippen molar-refractivity contribution in [1.29, 1.82) is 0 Å². The van der Waals surface area contributed by atoms with Gasteiger partial charge in [0.1, 0.15) is 5.75 Å². The van der Waals surface area contributed by atoms with Crippen molar-refractivity contribution in [3.63, 3.8) is 0 Å². The molecule has 28 heavy (non-hydrogen) atoms. The van der Waals surface area contributed by atoms with E-state index in [1.54, 1.807) is 44.4 Å². The zero-order chi connectivity index (χ0) is 20.1. The number of anilines is 1. The lowest BCUT2D eigenvalue weighted by atomic mass is 10.2. The maximum Gasteiger partial charge on any atom is 0.277 e. The number of hydrogen-bond acceptors (Lipinski definition) is 8. The van der Waals surface area contributed by atoms with E-state index in [-0.39, 0.29) is 16.8 Å². The summed E-state index contributed by atoms with van der Waals surface area (Å²) in [6.07, 6.45) is 0. The molecule has 0 spiro atoms. The molecule has 0 fully saturated rings. The SMILES string of the molecule is COc1ccc(-c2nnc(S[C@H](C)C(=O)Nc3cccc([N+](=O)[O-])c3)o2)cc1. The van der Waals surface area contributed by atoms with Crippen LogP contribution in [0, 0.1) is 10.1 Å². The second-order valence-electron chi connectivity index (χ2n) is 5.66. The van der Waals surface area contributed by atoms with E-state index in [1.165, 1.54) is 18.2 Å². The van der Waals surface area contributed by atoms with E-state index in [0.717, 1.165) is 17.3 Å². The number of nitro benzene ring substituents is 1. The summed E-state index contributed by atoms with van der Waals surface area (Å²) in [6, 6.07) is 12.9. The Balaban J connectivity index is 1.63. The number of hydrogen-bond donors (Lipinski definition) is 1. The van der Waals surface area contributed by atoms with Crippen molar-refractivity contribution in [1.82, 2.24) is 10.2 Å². The molecule has 0 aliphatic heterocycles. The van der Waals surface area contributed by atoms with Crippen molar-refractivity contribution in [3.05, 3.63) is 58.6 Å². The number of carbonyl (C=O) groups excluding carboxylic acids is 1. The Hall–Kier alpha value is -3.40. The first-order valence-electron chi connectivity index (χ1n) is 8.16. The molecule has 0 bridgehead atoms. The third kappa shape index (κ3) is 4.65. The molecular formula is C18H16N4O5S. The fourth-order valence-electron chi connectivity index (χ4n) is 2.25. The van der Waals surface area contributed by atoms with E-state index in [9.17, 15) is 14.9 Å². The molecular weight excluding hydrogens is 384 g/mol. The van der Waals surface area contributed by atoms with Crippen molar-refractivity contribution in [2.45, 2.75) is 17.4 Å². The molecule has 0 aliphatic carbocycles. The first kappa shape index (κ1) is 19.4. The number of rotatable bonds is 7. The van der Waals surface area contributed by atoms with Crippen molar-refractivity contribution in [3.8, 4) is 17.2 Å². The number of nitrogens with zero attached hydrogens (tertiary/aromatic N) is 3. The zero-order valence-electron chi connectivity index (χ0n) is 15.0. The van der Waals surface area contributed by atoms with Gasteiger partial charge in [0, 0.05) is 23.4 Å². The molecule has 3 aromatic rings. The molecule has 1 amide bonds. The Morgan fingerprint density at radius 1 is 1.25 bits per heavy atom. The molecule has 1 atom stereocenters. The van der Waals surface area contributed by atoms with Crippen LogP contribution in [0.4, 0.5) is 11.4 Å². The van der Waals surface area contributed by atoms with Crippen LogP contribution in [0.15, 0.2) is 58.2 Å². The van der Waals surface area contributed by atoms with Crippen LogP contribution in [0.5, 0.6) is 5.75 Å². The summed E-state index contributed by atoms with van der Waals surface area (Å²) >= 11 is 1.09. The quantitative estimate of drug-likeness (QED) is 0.361. The van der Waals surface area contributed by atoms with Gasteiger partial charge in [-0.25, -0.2) is 0 Å². The lowest BCUT2D eigenvalue weighted by Crippen LogP contribution is -2.22. The summed E-state index contributed by atoms with van der Waals surface area (Å²) in [5.74, 6) is 0.704. The summed E-state index contributed by atoms with van der Waals surface area (Å²) in [7, 11) is 1.58. The van der Waals surface area contributed by atoms with E-state index in [2.05, 4.69) is 15.5 Å². The standard InChI is InChI=1S/C18H16N4O5S/c1-11(16(23)19-13-4-3-5-14(10-13)22(24)25)28-18-21-20-17(27-18)12-6-8-15(26-2)9-7-12/h3-11H,1-2H3,(H,19,23)/t11-/m1/s1. The van der Waals surface area contributed by atoms with E-state index < -0.39 is 10.2 Å². The number of aromatic nitrogens is 2. The Bertz CT molecular complexity index is 990. The van der Waals surface area contributed by atoms with Crippen molar-refractivity contribution in [2.24, 2.45) is 0 Å². The molecule has 10 heteroatoms. The van der Waals surface area contributed by atoms with Crippen molar-refractivity contribution < 1.29 is 18.9 Å². The fourth-order valence-corrected chi connectivity index (χ4v) is 2.94. The Labute approximate surface area is 164 Å². The maximum absolute atomic E-state index is 12.3. The molecule has 0 saturated heterocycles. The van der Waals surface area contributed by atoms with Gasteiger partial charge in [0.15, 0.2) is 0 Å². The zero-order valence-corrected chi connectivity index (χ0v) is 15.8. The van der Waals surface area contributed by atoms with Crippen LogP contribution in [0.25, 0.3) is 11.5 Å². The Kier molecular flexibility index (Phi) is 5.90. The van der Waals surface area contributed by atoms with Crippen LogP contribution in [-0.2, 0) is 4.79 Å². The predicted octanol–water partition coefficient (Wildman–Crippen LogP) is 3.77. The molecule has 0 saturated carbocycles. The largest absolute Gasteiger partial charge is 0.497 e. The van der Waals surface area contributed by atoms with Gasteiger partial charge >= 0.3 is 0 Å². The topological polar surface area (TPSA) is 120 Å². The average Bonchev–Trinajstić information content (AvgIpc) is 3.16.